The summed E-state index contributed by atoms with van der Waals surface area (Å²) in [6, 6.07) is -0.802. The molecule has 3 N–H and O–H groups in total. The molecule has 0 saturated carbocycles. The Bertz CT molecular complexity index is 633. The maximum atomic E-state index is 12.0. The molecule has 3 heterocycles. The van der Waals surface area contributed by atoms with E-state index in [1.807, 2.05) is 0 Å². The van der Waals surface area contributed by atoms with Gasteiger partial charge in [-0.05, 0) is 13.0 Å². The van der Waals surface area contributed by atoms with Crippen molar-refractivity contribution in [3.63, 3.8) is 0 Å². The Labute approximate surface area is 133 Å². The molecule has 0 aromatic rings. The van der Waals surface area contributed by atoms with Crippen LogP contribution in [0.4, 0.5) is 18.0 Å². The summed E-state index contributed by atoms with van der Waals surface area (Å²) >= 11 is 0. The number of halogens is 3. The minimum atomic E-state index is -4.57. The average Bonchev–Trinajstić information content (AvgIpc) is 2.83. The molecule has 11 heteroatoms. The lowest BCUT2D eigenvalue weighted by molar-refractivity contribution is -0.154. The number of carboxylic acids is 1. The molecule has 0 aromatic heterocycles. The Morgan fingerprint density at radius 1 is 1.42 bits per heavy atom. The molecule has 24 heavy (non-hydrogen) atoms. The van der Waals surface area contributed by atoms with Crippen molar-refractivity contribution in [2.75, 3.05) is 19.7 Å². The first-order valence-corrected chi connectivity index (χ1v) is 7.21. The number of hydrogen-bond acceptors (Lipinski definition) is 5. The predicted octanol–water partition coefficient (Wildman–Crippen LogP) is -0.184. The number of nitrogens with zero attached hydrogens (tertiary/aromatic N) is 1. The number of nitrogens with one attached hydrogen (secondary N) is 2. The van der Waals surface area contributed by atoms with Crippen LogP contribution in [0.15, 0.2) is 11.3 Å². The van der Waals surface area contributed by atoms with Crippen molar-refractivity contribution in [2.45, 2.75) is 24.7 Å². The van der Waals surface area contributed by atoms with Crippen LogP contribution in [0.25, 0.3) is 0 Å². The topological polar surface area (TPSA) is 108 Å². The van der Waals surface area contributed by atoms with E-state index < -0.39 is 37.4 Å². The molecule has 2 saturated heterocycles. The van der Waals surface area contributed by atoms with Crippen LogP contribution < -0.4 is 10.6 Å². The highest BCUT2D eigenvalue weighted by atomic mass is 19.4. The minimum absolute atomic E-state index is 0.237. The molecule has 3 rings (SSSR count). The van der Waals surface area contributed by atoms with E-state index in [1.165, 1.54) is 0 Å². The molecule has 3 aliphatic rings. The Kier molecular flexibility index (Phi) is 3.90. The normalized spacial score (nSPS) is 28.4. The fourth-order valence-electron chi connectivity index (χ4n) is 3.45. The van der Waals surface area contributed by atoms with Crippen LogP contribution in [0.3, 0.4) is 0 Å². The zero-order valence-electron chi connectivity index (χ0n) is 12.2. The maximum Gasteiger partial charge on any atom is 0.407 e. The number of rotatable bonds is 4. The summed E-state index contributed by atoms with van der Waals surface area (Å²) < 4.78 is 40.8. The number of carboxylic acid groups (broad SMARTS) is 1. The number of carbonyl (C=O) groups excluding carboxylic acids is 2. The molecule has 3 atom stereocenters. The lowest BCUT2D eigenvalue weighted by Gasteiger charge is -2.48. The molecular weight excluding hydrogens is 335 g/mol. The second-order valence-corrected chi connectivity index (χ2v) is 5.75. The van der Waals surface area contributed by atoms with E-state index in [-0.39, 0.29) is 29.1 Å². The van der Waals surface area contributed by atoms with Gasteiger partial charge in [-0.2, -0.15) is 13.2 Å². The van der Waals surface area contributed by atoms with E-state index in [0.717, 1.165) is 4.90 Å². The molecule has 2 fully saturated rings. The van der Waals surface area contributed by atoms with Gasteiger partial charge in [0.05, 0.1) is 6.04 Å². The monoisotopic (exact) mass is 349 g/mol. The summed E-state index contributed by atoms with van der Waals surface area (Å²) in [7, 11) is 0. The van der Waals surface area contributed by atoms with Crippen LogP contribution in [0.2, 0.25) is 0 Å². The fraction of sp³-hybridized carbons (Fsp3) is 0.615. The van der Waals surface area contributed by atoms with Gasteiger partial charge in [0.1, 0.15) is 24.9 Å². The summed E-state index contributed by atoms with van der Waals surface area (Å²) in [4.78, 5) is 36.0. The summed E-state index contributed by atoms with van der Waals surface area (Å²) in [6.45, 7) is -1.51. The lowest BCUT2D eigenvalue weighted by Crippen LogP contribution is -2.72. The van der Waals surface area contributed by atoms with E-state index in [0.29, 0.717) is 13.0 Å². The van der Waals surface area contributed by atoms with Gasteiger partial charge < -0.3 is 20.5 Å². The predicted molar refractivity (Wildman–Crippen MR) is 70.6 cm³/mol. The SMILES string of the molecule is O=C(NCC(F)(F)F)OCC1=C(C(=O)O)N2C(=O)[C@H]3NCCC1[C@H]32. The first-order chi connectivity index (χ1) is 11.2. The third-order valence-corrected chi connectivity index (χ3v) is 4.36. The van der Waals surface area contributed by atoms with Gasteiger partial charge in [-0.25, -0.2) is 9.59 Å². The highest BCUT2D eigenvalue weighted by Crippen LogP contribution is 2.46. The van der Waals surface area contributed by atoms with Crippen LogP contribution in [-0.4, -0.2) is 65.9 Å². The Morgan fingerprint density at radius 2 is 2.12 bits per heavy atom. The summed E-state index contributed by atoms with van der Waals surface area (Å²) in [5.41, 5.74) is 0.0191. The van der Waals surface area contributed by atoms with Crippen molar-refractivity contribution in [1.29, 1.82) is 0 Å². The van der Waals surface area contributed by atoms with Crippen LogP contribution >= 0.6 is 0 Å². The fourth-order valence-corrected chi connectivity index (χ4v) is 3.45. The maximum absolute atomic E-state index is 12.0. The standard InChI is InChI=1S/C13H14F3N3O5/c14-13(15,16)4-18-12(23)24-3-6-5-1-2-17-7-8(5)19(10(7)20)9(6)11(21)22/h5,7-8,17H,1-4H2,(H,18,23)(H,21,22)/t5?,7-,8+/m0/s1. The lowest BCUT2D eigenvalue weighted by atomic mass is 9.79. The van der Waals surface area contributed by atoms with Gasteiger partial charge in [0.25, 0.3) is 0 Å². The molecule has 2 amide bonds. The van der Waals surface area contributed by atoms with Crippen molar-refractivity contribution in [3.05, 3.63) is 11.3 Å². The van der Waals surface area contributed by atoms with Crippen molar-refractivity contribution in [3.8, 4) is 0 Å². The van der Waals surface area contributed by atoms with Crippen molar-refractivity contribution < 1.29 is 37.4 Å². The molecule has 0 aliphatic carbocycles. The Hall–Kier alpha value is -2.30. The summed E-state index contributed by atoms with van der Waals surface area (Å²) in [6.07, 6.45) is -5.32. The van der Waals surface area contributed by atoms with Crippen molar-refractivity contribution in [1.82, 2.24) is 15.5 Å². The number of β-lactam (4-membered cyclic amide) rings is 1. The molecule has 3 aliphatic heterocycles. The molecule has 0 radical (unpaired) electrons. The van der Waals surface area contributed by atoms with E-state index >= 15 is 0 Å². The summed E-state index contributed by atoms with van der Waals surface area (Å²) in [5, 5.41) is 13.9. The second-order valence-electron chi connectivity index (χ2n) is 5.75. The molecular formula is C13H14F3N3O5. The van der Waals surface area contributed by atoms with E-state index in [2.05, 4.69) is 5.32 Å². The number of alkyl halides is 3. The molecule has 0 bridgehead atoms. The first kappa shape index (κ1) is 16.6. The van der Waals surface area contributed by atoms with Gasteiger partial charge in [-0.15, -0.1) is 0 Å². The van der Waals surface area contributed by atoms with Gasteiger partial charge >= 0.3 is 18.2 Å². The van der Waals surface area contributed by atoms with Gasteiger partial charge in [0.2, 0.25) is 5.91 Å². The third kappa shape index (κ3) is 2.68. The Balaban J connectivity index is 1.70. The minimum Gasteiger partial charge on any atom is -0.477 e. The highest BCUT2D eigenvalue weighted by Gasteiger charge is 2.61. The number of hydrogen-bond donors (Lipinski definition) is 3. The zero-order chi connectivity index (χ0) is 17.6. The zero-order valence-corrected chi connectivity index (χ0v) is 12.2. The number of ether oxygens (including phenoxy) is 1. The van der Waals surface area contributed by atoms with Crippen LogP contribution in [0.5, 0.6) is 0 Å². The third-order valence-electron chi connectivity index (χ3n) is 4.36. The Morgan fingerprint density at radius 3 is 2.75 bits per heavy atom. The largest absolute Gasteiger partial charge is 0.477 e. The van der Waals surface area contributed by atoms with Crippen LogP contribution in [0, 0.1) is 5.92 Å². The van der Waals surface area contributed by atoms with Gasteiger partial charge in [-0.3, -0.25) is 9.69 Å². The number of aliphatic carboxylic acids is 1. The van der Waals surface area contributed by atoms with Gasteiger partial charge in [0, 0.05) is 11.5 Å². The molecule has 0 aromatic carbocycles. The first-order valence-electron chi connectivity index (χ1n) is 7.21. The molecule has 0 spiro atoms. The highest BCUT2D eigenvalue weighted by molar-refractivity contribution is 6.01. The number of piperidine rings is 1. The number of carbonyl (C=O) groups is 3. The number of amides is 2. The molecule has 1 unspecified atom stereocenters. The molecule has 8 nitrogen and oxygen atoms in total. The van der Waals surface area contributed by atoms with E-state index in [9.17, 15) is 32.7 Å². The van der Waals surface area contributed by atoms with Crippen LogP contribution in [0.1, 0.15) is 6.42 Å². The van der Waals surface area contributed by atoms with Crippen molar-refractivity contribution >= 4 is 18.0 Å². The van der Waals surface area contributed by atoms with E-state index in [4.69, 9.17) is 4.74 Å². The smallest absolute Gasteiger partial charge is 0.407 e. The van der Waals surface area contributed by atoms with Crippen LogP contribution in [-0.2, 0) is 14.3 Å². The quantitative estimate of drug-likeness (QED) is 0.608. The molecule has 132 valence electrons. The second kappa shape index (κ2) is 5.65. The van der Waals surface area contributed by atoms with Crippen molar-refractivity contribution in [2.24, 2.45) is 5.92 Å². The van der Waals surface area contributed by atoms with E-state index in [1.54, 1.807) is 5.32 Å². The number of alkyl carbamates (subject to hydrolysis) is 1. The van der Waals surface area contributed by atoms with Gasteiger partial charge in [0.15, 0.2) is 0 Å². The summed E-state index contributed by atoms with van der Waals surface area (Å²) in [5.74, 6) is -1.97. The average molecular weight is 349 g/mol. The van der Waals surface area contributed by atoms with Gasteiger partial charge in [-0.1, -0.05) is 0 Å².